The molecule has 1 aromatic heterocycles. The summed E-state index contributed by atoms with van der Waals surface area (Å²) >= 11 is 6.58. The number of rotatable bonds is 2. The van der Waals surface area contributed by atoms with Crippen molar-refractivity contribution < 1.29 is 0 Å². The second-order valence-electron chi connectivity index (χ2n) is 6.41. The molecule has 1 heterocycles. The maximum absolute atomic E-state index is 6.58. The van der Waals surface area contributed by atoms with Crippen LogP contribution in [-0.4, -0.2) is 6.91 Å². The molecule has 0 N–H and O–H groups in total. The second kappa shape index (κ2) is 6.44. The standard InChI is InChI=1S/C17H24BCl/c19-15-11-12-18-17(14-9-5-2-6-10-14)16(15)13-7-3-1-4-8-13/h11-14H,1-10H2. The van der Waals surface area contributed by atoms with E-state index in [0.717, 1.165) is 16.9 Å². The van der Waals surface area contributed by atoms with Gasteiger partial charge in [-0.1, -0.05) is 0 Å². The molecule has 3 rings (SSSR count). The van der Waals surface area contributed by atoms with Gasteiger partial charge in [0.25, 0.3) is 0 Å². The van der Waals surface area contributed by atoms with Gasteiger partial charge in [-0.3, -0.25) is 0 Å². The molecule has 1 aromatic rings. The van der Waals surface area contributed by atoms with Gasteiger partial charge in [0.15, 0.2) is 0 Å². The molecule has 0 aromatic carbocycles. The summed E-state index contributed by atoms with van der Waals surface area (Å²) in [6.45, 7) is 2.37. The first-order valence-electron chi connectivity index (χ1n) is 8.14. The number of hydrogen-bond acceptors (Lipinski definition) is 0. The van der Waals surface area contributed by atoms with Crippen molar-refractivity contribution in [1.29, 1.82) is 0 Å². The normalized spacial score (nSPS) is 22.4. The van der Waals surface area contributed by atoms with Crippen LogP contribution in [0.2, 0.25) is 5.02 Å². The molecular formula is C17H24BCl. The van der Waals surface area contributed by atoms with E-state index in [1.807, 2.05) is 0 Å². The quantitative estimate of drug-likeness (QED) is 0.642. The molecule has 2 fully saturated rings. The third-order valence-corrected chi connectivity index (χ3v) is 5.47. The Bertz CT molecular complexity index is 417. The molecule has 0 spiro atoms. The Balaban J connectivity index is 1.91. The SMILES string of the molecule is Clc1ccbc(C2CCCCC2)c1C1CCCCC1. The van der Waals surface area contributed by atoms with Gasteiger partial charge in [0.1, 0.15) is 0 Å². The Labute approximate surface area is 123 Å². The zero-order valence-corrected chi connectivity index (χ0v) is 12.6. The molecule has 0 aliphatic heterocycles. The Morgan fingerprint density at radius 3 is 2.05 bits per heavy atom. The summed E-state index contributed by atoms with van der Waals surface area (Å²) in [6.07, 6.45) is 13.9. The Morgan fingerprint density at radius 2 is 1.42 bits per heavy atom. The summed E-state index contributed by atoms with van der Waals surface area (Å²) < 4.78 is 0. The van der Waals surface area contributed by atoms with Crippen LogP contribution in [0.1, 0.15) is 87.1 Å². The van der Waals surface area contributed by atoms with Crippen LogP contribution in [0.5, 0.6) is 0 Å². The molecule has 0 bridgehead atoms. The van der Waals surface area contributed by atoms with Gasteiger partial charge in [-0.2, -0.15) is 0 Å². The van der Waals surface area contributed by atoms with Gasteiger partial charge in [0.05, 0.1) is 0 Å². The molecule has 0 nitrogen and oxygen atoms in total. The second-order valence-corrected chi connectivity index (χ2v) is 6.82. The minimum absolute atomic E-state index is 0.736. The van der Waals surface area contributed by atoms with Crippen molar-refractivity contribution in [2.75, 3.05) is 0 Å². The summed E-state index contributed by atoms with van der Waals surface area (Å²) in [7, 11) is 0. The van der Waals surface area contributed by atoms with E-state index in [4.69, 9.17) is 11.6 Å². The first-order chi connectivity index (χ1) is 9.36. The van der Waals surface area contributed by atoms with Crippen LogP contribution in [0, 0.1) is 0 Å². The summed E-state index contributed by atoms with van der Waals surface area (Å²) in [6, 6.07) is 2.11. The zero-order chi connectivity index (χ0) is 13.1. The molecule has 0 unspecified atom stereocenters. The first kappa shape index (κ1) is 13.7. The van der Waals surface area contributed by atoms with Gasteiger partial charge >= 0.3 is 123 Å². The molecule has 2 aliphatic carbocycles. The van der Waals surface area contributed by atoms with E-state index in [0.29, 0.717) is 0 Å². The molecule has 0 saturated heterocycles. The molecule has 2 aliphatic rings. The molecule has 102 valence electrons. The van der Waals surface area contributed by atoms with E-state index in [2.05, 4.69) is 18.9 Å². The van der Waals surface area contributed by atoms with E-state index >= 15 is 0 Å². The Hall–Kier alpha value is -0.295. The van der Waals surface area contributed by atoms with Gasteiger partial charge in [-0.15, -0.1) is 0 Å². The Morgan fingerprint density at radius 1 is 0.842 bits per heavy atom. The average molecular weight is 275 g/mol. The van der Waals surface area contributed by atoms with Crippen molar-refractivity contribution in [2.24, 2.45) is 0 Å². The van der Waals surface area contributed by atoms with E-state index < -0.39 is 0 Å². The molecule has 2 heteroatoms. The monoisotopic (exact) mass is 274 g/mol. The van der Waals surface area contributed by atoms with E-state index in [9.17, 15) is 0 Å². The van der Waals surface area contributed by atoms with Crippen LogP contribution in [0.15, 0.2) is 12.0 Å². The van der Waals surface area contributed by atoms with Crippen molar-refractivity contribution in [3.05, 3.63) is 28.1 Å². The van der Waals surface area contributed by atoms with Crippen molar-refractivity contribution in [1.82, 2.24) is 0 Å². The predicted octanol–water partition coefficient (Wildman–Crippen LogP) is 5.77. The van der Waals surface area contributed by atoms with E-state index in [-0.39, 0.29) is 0 Å². The Kier molecular flexibility index (Phi) is 4.63. The van der Waals surface area contributed by atoms with Crippen LogP contribution in [-0.2, 0) is 0 Å². The molecule has 0 radical (unpaired) electrons. The average Bonchev–Trinajstić information content (AvgIpc) is 2.49. The fourth-order valence-electron chi connectivity index (χ4n) is 4.15. The number of hydrogen-bond donors (Lipinski definition) is 0. The van der Waals surface area contributed by atoms with Gasteiger partial charge in [-0.25, -0.2) is 0 Å². The van der Waals surface area contributed by atoms with Crippen molar-refractivity contribution in [3.8, 4) is 0 Å². The fraction of sp³-hybridized carbons (Fsp3) is 0.706. The molecule has 19 heavy (non-hydrogen) atoms. The van der Waals surface area contributed by atoms with Crippen LogP contribution in [0.3, 0.4) is 0 Å². The molecule has 0 amide bonds. The van der Waals surface area contributed by atoms with Crippen molar-refractivity contribution in [3.63, 3.8) is 0 Å². The summed E-state index contributed by atoms with van der Waals surface area (Å²) in [5.74, 6) is 3.68. The third-order valence-electron chi connectivity index (χ3n) is 5.15. The summed E-state index contributed by atoms with van der Waals surface area (Å²) in [5.41, 5.74) is 3.12. The van der Waals surface area contributed by atoms with E-state index in [1.165, 1.54) is 69.8 Å². The predicted molar refractivity (Wildman–Crippen MR) is 84.5 cm³/mol. The maximum atomic E-state index is 6.58. The van der Waals surface area contributed by atoms with Crippen molar-refractivity contribution >= 4 is 18.5 Å². The minimum atomic E-state index is 0.736. The fourth-order valence-corrected chi connectivity index (χ4v) is 4.48. The van der Waals surface area contributed by atoms with Gasteiger partial charge < -0.3 is 0 Å². The van der Waals surface area contributed by atoms with Gasteiger partial charge in [0.2, 0.25) is 0 Å². The molecular weight excluding hydrogens is 250 g/mol. The third kappa shape index (κ3) is 3.07. The topological polar surface area (TPSA) is 0 Å². The van der Waals surface area contributed by atoms with E-state index in [1.54, 1.807) is 5.46 Å². The zero-order valence-electron chi connectivity index (χ0n) is 11.8. The molecule has 0 atom stereocenters. The number of halogens is 1. The van der Waals surface area contributed by atoms with Crippen LogP contribution in [0.25, 0.3) is 0 Å². The summed E-state index contributed by atoms with van der Waals surface area (Å²) in [5, 5.41) is 1.04. The van der Waals surface area contributed by atoms with Crippen LogP contribution >= 0.6 is 11.6 Å². The van der Waals surface area contributed by atoms with Crippen molar-refractivity contribution in [2.45, 2.75) is 76.0 Å². The van der Waals surface area contributed by atoms with Gasteiger partial charge in [0, 0.05) is 0 Å². The molecule has 2 saturated carbocycles. The summed E-state index contributed by atoms with van der Waals surface area (Å²) in [4.78, 5) is 0. The van der Waals surface area contributed by atoms with Crippen LogP contribution in [0.4, 0.5) is 0 Å². The van der Waals surface area contributed by atoms with Gasteiger partial charge in [-0.05, 0) is 0 Å². The first-order valence-corrected chi connectivity index (χ1v) is 8.52. The van der Waals surface area contributed by atoms with Crippen LogP contribution < -0.4 is 0 Å².